The van der Waals surface area contributed by atoms with Crippen molar-refractivity contribution in [1.29, 1.82) is 0 Å². The summed E-state index contributed by atoms with van der Waals surface area (Å²) >= 11 is 0. The molecule has 0 aliphatic rings. The maximum absolute atomic E-state index is 5.83. The summed E-state index contributed by atoms with van der Waals surface area (Å²) in [5.74, 6) is 0. The van der Waals surface area contributed by atoms with E-state index in [-0.39, 0.29) is 26.4 Å². The van der Waals surface area contributed by atoms with E-state index in [4.69, 9.17) is 74.3 Å². The van der Waals surface area contributed by atoms with Crippen LogP contribution in [0.4, 0.5) is 0 Å². The molecule has 0 rings (SSSR count). The first-order valence-corrected chi connectivity index (χ1v) is 7.16. The summed E-state index contributed by atoms with van der Waals surface area (Å²) in [4.78, 5) is 0. The van der Waals surface area contributed by atoms with E-state index in [1.807, 2.05) is 0 Å². The molecule has 0 aliphatic heterocycles. The maximum atomic E-state index is 5.83. The Labute approximate surface area is 144 Å². The number of rotatable bonds is 14. The Kier molecular flexibility index (Phi) is 10.6. The average Bonchev–Trinajstić information content (AvgIpc) is 2.35. The standard InChI is InChI=1S/C19H24O4/c1-17(2,3)22-13-9-11-20-15-19(7,8)16-21-12-10-14-23-18(4,5)6/h1-8H,9-16H2. The minimum absolute atomic E-state index is 0.111. The average molecular weight is 316 g/mol. The summed E-state index contributed by atoms with van der Waals surface area (Å²) in [6.07, 6.45) is 1.08. The second-order valence-electron chi connectivity index (χ2n) is 5.45. The van der Waals surface area contributed by atoms with Crippen LogP contribution in [0.15, 0.2) is 0 Å². The lowest BCUT2D eigenvalue weighted by atomic mass is 9.96. The molecule has 4 heteroatoms. The quantitative estimate of drug-likeness (QED) is 0.459. The van der Waals surface area contributed by atoms with Gasteiger partial charge in [0.05, 0.1) is 24.4 Å². The van der Waals surface area contributed by atoms with E-state index >= 15 is 0 Å². The Bertz CT molecular complexity index is 259. The molecular formula is C19H24O4. The smallest absolute Gasteiger partial charge is 0.0789 e. The van der Waals surface area contributed by atoms with Crippen LogP contribution >= 0.6 is 0 Å². The molecule has 4 nitrogen and oxygen atoms in total. The highest BCUT2D eigenvalue weighted by atomic mass is 16.5. The Morgan fingerprint density at radius 1 is 0.522 bits per heavy atom. The zero-order chi connectivity index (χ0) is 18.0. The highest BCUT2D eigenvalue weighted by molar-refractivity contribution is 4.89. The number of ether oxygens (including phenoxy) is 4. The highest BCUT2D eigenvalue weighted by Crippen LogP contribution is 2.15. The van der Waals surface area contributed by atoms with Crippen molar-refractivity contribution in [3.63, 3.8) is 0 Å². The van der Waals surface area contributed by atoms with Gasteiger partial charge >= 0.3 is 0 Å². The van der Waals surface area contributed by atoms with Crippen molar-refractivity contribution < 1.29 is 18.9 Å². The molecular weight excluding hydrogens is 292 g/mol. The van der Waals surface area contributed by atoms with Crippen molar-refractivity contribution in [3.05, 3.63) is 55.4 Å². The third kappa shape index (κ3) is 18.0. The molecule has 0 N–H and O–H groups in total. The monoisotopic (exact) mass is 316 g/mol. The lowest BCUT2D eigenvalue weighted by Crippen LogP contribution is -2.28. The summed E-state index contributed by atoms with van der Waals surface area (Å²) in [7, 11) is 0. The SMILES string of the molecule is [CH]C([CH])(COCCCOC([CH])([CH])[CH])COCCCOC([CH])([CH])[CH]. The predicted molar refractivity (Wildman–Crippen MR) is 85.1 cm³/mol. The van der Waals surface area contributed by atoms with Gasteiger partial charge in [0, 0.05) is 73.4 Å². The van der Waals surface area contributed by atoms with Crippen LogP contribution in [-0.2, 0) is 18.9 Å². The van der Waals surface area contributed by atoms with Gasteiger partial charge in [-0.3, -0.25) is 0 Å². The van der Waals surface area contributed by atoms with Gasteiger partial charge in [-0.1, -0.05) is 0 Å². The zero-order valence-corrected chi connectivity index (χ0v) is 13.4. The van der Waals surface area contributed by atoms with Gasteiger partial charge in [-0.15, -0.1) is 0 Å². The Morgan fingerprint density at radius 2 is 0.870 bits per heavy atom. The lowest BCUT2D eigenvalue weighted by molar-refractivity contribution is -0.00450. The zero-order valence-electron chi connectivity index (χ0n) is 13.4. The van der Waals surface area contributed by atoms with Crippen molar-refractivity contribution in [1.82, 2.24) is 0 Å². The minimum atomic E-state index is -1.64. The van der Waals surface area contributed by atoms with E-state index in [1.165, 1.54) is 0 Å². The summed E-state index contributed by atoms with van der Waals surface area (Å²) in [5, 5.41) is 0. The van der Waals surface area contributed by atoms with Crippen LogP contribution in [0.5, 0.6) is 0 Å². The van der Waals surface area contributed by atoms with Crippen LogP contribution in [0, 0.1) is 60.8 Å². The molecule has 0 saturated heterocycles. The van der Waals surface area contributed by atoms with Crippen LogP contribution in [0.1, 0.15) is 12.8 Å². The summed E-state index contributed by atoms with van der Waals surface area (Å²) < 4.78 is 20.5. The Hall–Kier alpha value is -0.160. The Morgan fingerprint density at radius 3 is 1.17 bits per heavy atom. The van der Waals surface area contributed by atoms with Gasteiger partial charge in [-0.05, 0) is 26.7 Å². The van der Waals surface area contributed by atoms with E-state index in [0.717, 1.165) is 0 Å². The molecule has 0 fully saturated rings. The predicted octanol–water partition coefficient (Wildman–Crippen LogP) is 1.99. The largest absolute Gasteiger partial charge is 0.381 e. The van der Waals surface area contributed by atoms with E-state index in [0.29, 0.717) is 26.1 Å². The molecule has 0 saturated carbocycles. The van der Waals surface area contributed by atoms with Crippen molar-refractivity contribution in [3.8, 4) is 0 Å². The molecule has 0 aromatic carbocycles. The van der Waals surface area contributed by atoms with Crippen LogP contribution in [0.2, 0.25) is 0 Å². The molecule has 124 valence electrons. The first-order chi connectivity index (χ1) is 10.4. The normalized spacial score (nSPS) is 13.6. The third-order valence-corrected chi connectivity index (χ3v) is 2.31. The molecule has 0 unspecified atom stereocenters. The molecule has 0 spiro atoms. The molecule has 0 amide bonds. The van der Waals surface area contributed by atoms with E-state index in [1.54, 1.807) is 0 Å². The van der Waals surface area contributed by atoms with E-state index < -0.39 is 16.6 Å². The van der Waals surface area contributed by atoms with Crippen molar-refractivity contribution >= 4 is 0 Å². The molecule has 0 aliphatic carbocycles. The molecule has 23 heavy (non-hydrogen) atoms. The van der Waals surface area contributed by atoms with E-state index in [9.17, 15) is 0 Å². The van der Waals surface area contributed by atoms with E-state index in [2.05, 4.69) is 0 Å². The minimum Gasteiger partial charge on any atom is -0.381 e. The first kappa shape index (κ1) is 22.8. The van der Waals surface area contributed by atoms with Crippen molar-refractivity contribution in [2.45, 2.75) is 24.0 Å². The molecule has 0 bridgehead atoms. The maximum Gasteiger partial charge on any atom is 0.0789 e. The molecule has 0 atom stereocenters. The molecule has 0 aromatic rings. The van der Waals surface area contributed by atoms with Crippen LogP contribution < -0.4 is 0 Å². The van der Waals surface area contributed by atoms with Gasteiger partial charge in [-0.2, -0.15) is 0 Å². The van der Waals surface area contributed by atoms with Gasteiger partial charge in [-0.25, -0.2) is 0 Å². The highest BCUT2D eigenvalue weighted by Gasteiger charge is 2.19. The fourth-order valence-corrected chi connectivity index (χ4v) is 1.39. The van der Waals surface area contributed by atoms with Crippen LogP contribution in [0.25, 0.3) is 0 Å². The van der Waals surface area contributed by atoms with Gasteiger partial charge in [0.15, 0.2) is 0 Å². The fraction of sp³-hybridized carbons (Fsp3) is 0.579. The van der Waals surface area contributed by atoms with Crippen molar-refractivity contribution in [2.75, 3.05) is 39.6 Å². The van der Waals surface area contributed by atoms with Crippen LogP contribution in [-0.4, -0.2) is 50.8 Å². The Balaban J connectivity index is 3.54. The first-order valence-electron chi connectivity index (χ1n) is 7.16. The van der Waals surface area contributed by atoms with Gasteiger partial charge in [0.25, 0.3) is 0 Å². The number of hydrogen-bond donors (Lipinski definition) is 0. The summed E-state index contributed by atoms with van der Waals surface area (Å²) in [6, 6.07) is 0. The molecule has 16 radical (unpaired) electrons. The molecule has 0 aromatic heterocycles. The summed E-state index contributed by atoms with van der Waals surface area (Å²) in [6.45, 7) is 44.6. The summed E-state index contributed by atoms with van der Waals surface area (Å²) in [5.41, 5.74) is -4.39. The second kappa shape index (κ2) is 10.7. The molecule has 0 heterocycles. The lowest BCUT2D eigenvalue weighted by Gasteiger charge is -2.24. The third-order valence-electron chi connectivity index (χ3n) is 2.31. The van der Waals surface area contributed by atoms with Gasteiger partial charge in [0.2, 0.25) is 0 Å². The number of hydrogen-bond acceptors (Lipinski definition) is 4. The topological polar surface area (TPSA) is 36.9 Å². The fourth-order valence-electron chi connectivity index (χ4n) is 1.39. The van der Waals surface area contributed by atoms with Gasteiger partial charge in [0.1, 0.15) is 0 Å². The van der Waals surface area contributed by atoms with Gasteiger partial charge < -0.3 is 18.9 Å². The second-order valence-corrected chi connectivity index (χ2v) is 5.45. The van der Waals surface area contributed by atoms with Crippen LogP contribution in [0.3, 0.4) is 0 Å². The van der Waals surface area contributed by atoms with Crippen molar-refractivity contribution in [2.24, 2.45) is 5.41 Å².